The highest BCUT2D eigenvalue weighted by atomic mass is 16.5. The van der Waals surface area contributed by atoms with Crippen molar-refractivity contribution in [3.63, 3.8) is 0 Å². The van der Waals surface area contributed by atoms with Crippen LogP contribution in [-0.4, -0.2) is 12.2 Å². The van der Waals surface area contributed by atoms with Crippen LogP contribution in [0.3, 0.4) is 0 Å². The highest BCUT2D eigenvalue weighted by Gasteiger charge is 2.19. The predicted octanol–water partition coefficient (Wildman–Crippen LogP) is 5.05. The summed E-state index contributed by atoms with van der Waals surface area (Å²) >= 11 is 0. The van der Waals surface area contributed by atoms with E-state index in [1.165, 1.54) is 5.57 Å². The van der Waals surface area contributed by atoms with Crippen LogP contribution in [0, 0.1) is 25.2 Å². The average Bonchev–Trinajstić information content (AvgIpc) is 2.44. The fourth-order valence-electron chi connectivity index (χ4n) is 2.14. The Labute approximate surface area is 125 Å². The Morgan fingerprint density at radius 1 is 1.45 bits per heavy atom. The monoisotopic (exact) mass is 271 g/mol. The Morgan fingerprint density at radius 3 is 2.95 bits per heavy atom. The zero-order valence-corrected chi connectivity index (χ0v) is 13.0. The van der Waals surface area contributed by atoms with Gasteiger partial charge in [0.1, 0.15) is 0 Å². The summed E-state index contributed by atoms with van der Waals surface area (Å²) in [5, 5.41) is 0. The number of hydrogen-bond acceptors (Lipinski definition) is 1. The van der Waals surface area contributed by atoms with Crippen molar-refractivity contribution in [3.8, 4) is 0 Å². The van der Waals surface area contributed by atoms with Gasteiger partial charge in [0.2, 0.25) is 0 Å². The molecule has 3 radical (unpaired) electrons. The molecule has 0 amide bonds. The summed E-state index contributed by atoms with van der Waals surface area (Å²) < 4.78 is 5.90. The first-order chi connectivity index (χ1) is 9.65. The Kier molecular flexibility index (Phi) is 8.29. The van der Waals surface area contributed by atoms with Gasteiger partial charge in [0.05, 0.1) is 12.2 Å². The molecule has 0 aromatic rings. The minimum absolute atomic E-state index is 0.120. The lowest BCUT2D eigenvalue weighted by molar-refractivity contribution is 0.0371. The van der Waals surface area contributed by atoms with Crippen molar-refractivity contribution in [1.29, 1.82) is 0 Å². The third kappa shape index (κ3) is 6.91. The SMILES string of the molecule is C=C[C@H](C)CC(C)=CC=C[CH][C@@H]1C[CH][CH][C@H](C=CC)O1. The minimum Gasteiger partial charge on any atom is -0.370 e. The van der Waals surface area contributed by atoms with Gasteiger partial charge in [-0.2, -0.15) is 0 Å². The van der Waals surface area contributed by atoms with Crippen LogP contribution in [0.5, 0.6) is 0 Å². The van der Waals surface area contributed by atoms with Crippen molar-refractivity contribution in [2.75, 3.05) is 0 Å². The molecule has 1 aliphatic heterocycles. The van der Waals surface area contributed by atoms with Crippen LogP contribution in [0.4, 0.5) is 0 Å². The topological polar surface area (TPSA) is 9.23 Å². The molecular formula is C19H27O. The fraction of sp³-hybridized carbons (Fsp3) is 0.421. The first-order valence-corrected chi connectivity index (χ1v) is 7.40. The molecule has 0 aromatic carbocycles. The Bertz CT molecular complexity index is 362. The summed E-state index contributed by atoms with van der Waals surface area (Å²) in [5.41, 5.74) is 1.37. The van der Waals surface area contributed by atoms with Gasteiger partial charge in [-0.15, -0.1) is 6.58 Å². The summed E-state index contributed by atoms with van der Waals surface area (Å²) in [7, 11) is 0. The quantitative estimate of drug-likeness (QED) is 0.465. The van der Waals surface area contributed by atoms with Gasteiger partial charge in [0, 0.05) is 6.42 Å². The standard InChI is InChI=1S/C19H27O/c1-5-10-18-13-9-14-19(20-18)12-8-7-11-17(4)15-16(3)6-2/h5-13,16,18-19H,2,14-15H2,1,3-4H3/t16-,18-,19+/m0/s1. The molecule has 1 rings (SSSR count). The van der Waals surface area contributed by atoms with E-state index in [9.17, 15) is 0 Å². The van der Waals surface area contributed by atoms with Crippen molar-refractivity contribution in [2.45, 2.75) is 45.8 Å². The maximum Gasteiger partial charge on any atom is 0.0794 e. The lowest BCUT2D eigenvalue weighted by Crippen LogP contribution is -2.26. The maximum atomic E-state index is 5.90. The van der Waals surface area contributed by atoms with Crippen molar-refractivity contribution in [3.05, 3.63) is 67.9 Å². The van der Waals surface area contributed by atoms with E-state index in [1.54, 1.807) is 0 Å². The first-order valence-electron chi connectivity index (χ1n) is 7.40. The molecule has 1 aliphatic rings. The van der Waals surface area contributed by atoms with Gasteiger partial charge in [-0.1, -0.05) is 49.0 Å². The number of rotatable bonds is 7. The summed E-state index contributed by atoms with van der Waals surface area (Å²) in [6.45, 7) is 10.2. The van der Waals surface area contributed by atoms with Crippen LogP contribution >= 0.6 is 0 Å². The summed E-state index contributed by atoms with van der Waals surface area (Å²) in [5.74, 6) is 0.539. The van der Waals surface area contributed by atoms with E-state index >= 15 is 0 Å². The van der Waals surface area contributed by atoms with Gasteiger partial charge in [0.25, 0.3) is 0 Å². The molecule has 0 aliphatic carbocycles. The summed E-state index contributed by atoms with van der Waals surface area (Å²) in [6, 6.07) is 0. The number of hydrogen-bond donors (Lipinski definition) is 0. The van der Waals surface area contributed by atoms with Crippen LogP contribution in [-0.2, 0) is 4.74 Å². The van der Waals surface area contributed by atoms with E-state index in [4.69, 9.17) is 4.74 Å². The van der Waals surface area contributed by atoms with E-state index in [0.717, 1.165) is 12.8 Å². The first kappa shape index (κ1) is 17.0. The highest BCUT2D eigenvalue weighted by molar-refractivity contribution is 5.17. The zero-order valence-electron chi connectivity index (χ0n) is 13.0. The molecule has 1 saturated heterocycles. The molecule has 109 valence electrons. The Hall–Kier alpha value is -1.08. The second kappa shape index (κ2) is 9.77. The lowest BCUT2D eigenvalue weighted by atomic mass is 10.0. The normalized spacial score (nSPS) is 26.2. The second-order valence-corrected chi connectivity index (χ2v) is 5.34. The van der Waals surface area contributed by atoms with Gasteiger partial charge in [-0.3, -0.25) is 0 Å². The molecule has 0 N–H and O–H groups in total. The molecule has 3 atom stereocenters. The average molecular weight is 271 g/mol. The number of ether oxygens (including phenoxy) is 1. The van der Waals surface area contributed by atoms with Crippen molar-refractivity contribution >= 4 is 0 Å². The molecule has 20 heavy (non-hydrogen) atoms. The molecule has 1 heteroatoms. The molecule has 0 bridgehead atoms. The van der Waals surface area contributed by atoms with Gasteiger partial charge in [0.15, 0.2) is 0 Å². The maximum absolute atomic E-state index is 5.90. The molecule has 0 spiro atoms. The van der Waals surface area contributed by atoms with Gasteiger partial charge in [-0.05, 0) is 45.4 Å². The van der Waals surface area contributed by atoms with E-state index in [-0.39, 0.29) is 12.2 Å². The molecule has 0 unspecified atom stereocenters. The van der Waals surface area contributed by atoms with E-state index < -0.39 is 0 Å². The lowest BCUT2D eigenvalue weighted by Gasteiger charge is -2.26. The van der Waals surface area contributed by atoms with Gasteiger partial charge < -0.3 is 4.74 Å². The van der Waals surface area contributed by atoms with Crippen LogP contribution in [0.15, 0.2) is 48.6 Å². The van der Waals surface area contributed by atoms with Crippen molar-refractivity contribution in [2.24, 2.45) is 5.92 Å². The Balaban J connectivity index is 2.33. The van der Waals surface area contributed by atoms with Crippen LogP contribution < -0.4 is 0 Å². The molecule has 0 aromatic heterocycles. The molecule has 1 heterocycles. The third-order valence-electron chi connectivity index (χ3n) is 3.27. The Morgan fingerprint density at radius 2 is 2.25 bits per heavy atom. The van der Waals surface area contributed by atoms with Crippen LogP contribution in [0.2, 0.25) is 0 Å². The van der Waals surface area contributed by atoms with E-state index in [0.29, 0.717) is 5.92 Å². The molecular weight excluding hydrogens is 244 g/mol. The van der Waals surface area contributed by atoms with Gasteiger partial charge in [-0.25, -0.2) is 0 Å². The molecule has 0 saturated carbocycles. The second-order valence-electron chi connectivity index (χ2n) is 5.34. The van der Waals surface area contributed by atoms with Crippen LogP contribution in [0.1, 0.15) is 33.6 Å². The smallest absolute Gasteiger partial charge is 0.0794 e. The highest BCUT2D eigenvalue weighted by Crippen LogP contribution is 2.20. The van der Waals surface area contributed by atoms with Crippen LogP contribution in [0.25, 0.3) is 0 Å². The predicted molar refractivity (Wildman–Crippen MR) is 87.9 cm³/mol. The van der Waals surface area contributed by atoms with Crippen molar-refractivity contribution in [1.82, 2.24) is 0 Å². The zero-order chi connectivity index (χ0) is 14.8. The molecule has 1 nitrogen and oxygen atoms in total. The minimum atomic E-state index is 0.120. The number of allylic oxidation sites excluding steroid dienone is 5. The third-order valence-corrected chi connectivity index (χ3v) is 3.27. The molecule has 1 fully saturated rings. The fourth-order valence-corrected chi connectivity index (χ4v) is 2.14. The van der Waals surface area contributed by atoms with E-state index in [2.05, 4.69) is 64.0 Å². The van der Waals surface area contributed by atoms with Gasteiger partial charge >= 0.3 is 0 Å². The summed E-state index contributed by atoms with van der Waals surface area (Å²) in [6.07, 6.45) is 21.2. The van der Waals surface area contributed by atoms with E-state index in [1.807, 2.05) is 19.1 Å². The largest absolute Gasteiger partial charge is 0.370 e. The summed E-state index contributed by atoms with van der Waals surface area (Å²) in [4.78, 5) is 0. The van der Waals surface area contributed by atoms with Crippen molar-refractivity contribution < 1.29 is 4.74 Å².